The molecular weight excluding hydrogens is 1060 g/mol. The summed E-state index contributed by atoms with van der Waals surface area (Å²) < 4.78 is 174. The monoisotopic (exact) mass is 1100 g/mol. The molecule has 0 fully saturated rings. The lowest BCUT2D eigenvalue weighted by Gasteiger charge is -2.28. The van der Waals surface area contributed by atoms with Crippen LogP contribution in [0.4, 0.5) is 47.0 Å². The van der Waals surface area contributed by atoms with Crippen LogP contribution >= 0.6 is 22.7 Å². The number of nitrogens with one attached hydrogen (secondary N) is 2. The Bertz CT molecular complexity index is 3380. The molecule has 4 aromatic heterocycles. The first-order valence-corrected chi connectivity index (χ1v) is 26.6. The van der Waals surface area contributed by atoms with Crippen molar-refractivity contribution >= 4 is 54.6 Å². The fourth-order valence-corrected chi connectivity index (χ4v) is 11.5. The van der Waals surface area contributed by atoms with E-state index in [-0.39, 0.29) is 46.7 Å². The second-order valence-electron chi connectivity index (χ2n) is 16.5. The third kappa shape index (κ3) is 11.3. The lowest BCUT2D eigenvalue weighted by Crippen LogP contribution is -2.19. The van der Waals surface area contributed by atoms with Gasteiger partial charge in [-0.25, -0.2) is 65.0 Å². The number of sulfonamides is 2. The van der Waals surface area contributed by atoms with Crippen molar-refractivity contribution in [1.29, 1.82) is 0 Å². The fourth-order valence-electron chi connectivity index (χ4n) is 8.30. The van der Waals surface area contributed by atoms with E-state index in [9.17, 15) is 52.0 Å². The van der Waals surface area contributed by atoms with Crippen molar-refractivity contribution in [3.63, 3.8) is 0 Å². The highest BCUT2D eigenvalue weighted by Crippen LogP contribution is 2.46. The van der Waals surface area contributed by atoms with Gasteiger partial charge in [0, 0.05) is 57.0 Å². The van der Waals surface area contributed by atoms with Crippen LogP contribution in [-0.2, 0) is 32.4 Å². The number of benzene rings is 4. The standard InChI is InChI=1S/2C24H18F4N4O3S2/c2*1-13-31-21(12-36-13)20-8-14(24(26,27)28)2-4-17(20)18-6-7-35-22-9-16(3-5-19(18)22)37(33,34)32-23-29-10-15(25)11-30-23/h2*2-5,8-12,18H,6-7H2,1H3,(H,29,30,32)/t2*18-/m10/s1. The van der Waals surface area contributed by atoms with Crippen LogP contribution < -0.4 is 18.9 Å². The Hall–Kier alpha value is -7.16. The third-order valence-electron chi connectivity index (χ3n) is 11.7. The number of ether oxygens (including phenoxy) is 2. The summed E-state index contributed by atoms with van der Waals surface area (Å²) >= 11 is 2.68. The highest BCUT2D eigenvalue weighted by Gasteiger charge is 2.36. The van der Waals surface area contributed by atoms with Gasteiger partial charge >= 0.3 is 12.4 Å². The number of hydrogen-bond donors (Lipinski definition) is 2. The molecule has 8 aromatic rings. The normalized spacial score (nSPS) is 15.6. The molecule has 0 amide bonds. The molecule has 14 nitrogen and oxygen atoms in total. The number of anilines is 2. The van der Waals surface area contributed by atoms with Crippen molar-refractivity contribution in [3.05, 3.63) is 163 Å². The van der Waals surface area contributed by atoms with E-state index in [1.165, 1.54) is 59.1 Å². The quantitative estimate of drug-likeness (QED) is 0.124. The van der Waals surface area contributed by atoms with Crippen LogP contribution in [0.5, 0.6) is 11.5 Å². The van der Waals surface area contributed by atoms with Gasteiger partial charge in [-0.15, -0.1) is 22.7 Å². The van der Waals surface area contributed by atoms with E-state index in [0.717, 1.165) is 59.1 Å². The Morgan fingerprint density at radius 3 is 1.24 bits per heavy atom. The van der Waals surface area contributed by atoms with Gasteiger partial charge in [0.1, 0.15) is 11.5 Å². The molecule has 26 heteroatoms. The Balaban J connectivity index is 0.000000182. The summed E-state index contributed by atoms with van der Waals surface area (Å²) in [5.74, 6) is -2.16. The molecule has 0 radical (unpaired) electrons. The van der Waals surface area contributed by atoms with Crippen molar-refractivity contribution in [2.24, 2.45) is 0 Å². The molecule has 74 heavy (non-hydrogen) atoms. The molecule has 0 unspecified atom stereocenters. The van der Waals surface area contributed by atoms with E-state index in [1.807, 2.05) is 0 Å². The molecule has 2 aliphatic heterocycles. The highest BCUT2D eigenvalue weighted by atomic mass is 32.2. The number of halogens is 8. The lowest BCUT2D eigenvalue weighted by molar-refractivity contribution is -0.138. The number of hydrogen-bond acceptors (Lipinski definition) is 14. The van der Waals surface area contributed by atoms with Gasteiger partial charge in [-0.1, -0.05) is 24.3 Å². The summed E-state index contributed by atoms with van der Waals surface area (Å²) in [5.41, 5.74) is 2.60. The molecule has 2 aliphatic rings. The van der Waals surface area contributed by atoms with E-state index in [1.54, 1.807) is 36.7 Å². The minimum absolute atomic E-state index is 0.136. The van der Waals surface area contributed by atoms with Crippen LogP contribution in [0.3, 0.4) is 0 Å². The highest BCUT2D eigenvalue weighted by molar-refractivity contribution is 7.93. The molecule has 0 bridgehead atoms. The summed E-state index contributed by atoms with van der Waals surface area (Å²) in [7, 11) is -8.25. The summed E-state index contributed by atoms with van der Waals surface area (Å²) in [6.07, 6.45) is -4.76. The topological polar surface area (TPSA) is 188 Å². The number of fused-ring (bicyclic) bond motifs is 2. The zero-order valence-corrected chi connectivity index (χ0v) is 41.4. The van der Waals surface area contributed by atoms with Crippen molar-refractivity contribution in [2.75, 3.05) is 22.7 Å². The van der Waals surface area contributed by atoms with Crippen LogP contribution in [0.15, 0.2) is 118 Å². The second-order valence-corrected chi connectivity index (χ2v) is 22.0. The summed E-state index contributed by atoms with van der Waals surface area (Å²) in [4.78, 5) is 22.9. The van der Waals surface area contributed by atoms with Gasteiger partial charge in [-0.05, 0) is 74.2 Å². The van der Waals surface area contributed by atoms with Crippen LogP contribution in [0.1, 0.15) is 68.1 Å². The number of nitrogens with zero attached hydrogens (tertiary/aromatic N) is 6. The van der Waals surface area contributed by atoms with Crippen molar-refractivity contribution in [2.45, 2.75) is 60.7 Å². The zero-order chi connectivity index (χ0) is 52.7. The first-order valence-electron chi connectivity index (χ1n) is 21.8. The van der Waals surface area contributed by atoms with Crippen LogP contribution in [-0.4, -0.2) is 60.0 Å². The molecule has 10 rings (SSSR count). The maximum atomic E-state index is 13.5. The van der Waals surface area contributed by atoms with E-state index in [0.29, 0.717) is 69.1 Å². The van der Waals surface area contributed by atoms with E-state index >= 15 is 0 Å². The predicted molar refractivity (Wildman–Crippen MR) is 257 cm³/mol. The van der Waals surface area contributed by atoms with Crippen molar-refractivity contribution in [3.8, 4) is 34.0 Å². The Kier molecular flexibility index (Phi) is 14.2. The summed E-state index contributed by atoms with van der Waals surface area (Å²) in [5, 5.41) is 4.87. The molecular formula is C48H36F8N8O6S4. The van der Waals surface area contributed by atoms with Gasteiger partial charge in [-0.2, -0.15) is 26.3 Å². The average Bonchev–Trinajstić information content (AvgIpc) is 4.01. The SMILES string of the molecule is Cc1nc(-c2cc(C(F)(F)F)ccc2[C@@H]2CCOc3cc(S(=O)(=O)Nc4ncc(F)cn4)ccc32)cs1.Cc1nc(-c2cc(C(F)(F)F)ccc2[C@H]2CCOc3cc(S(=O)(=O)Nc4ncc(F)cn4)ccc32)cs1. The minimum atomic E-state index is -4.52. The summed E-state index contributed by atoms with van der Waals surface area (Å²) in [6, 6.07) is 15.7. The molecule has 2 atom stereocenters. The van der Waals surface area contributed by atoms with Gasteiger partial charge in [0.15, 0.2) is 11.6 Å². The van der Waals surface area contributed by atoms with Gasteiger partial charge < -0.3 is 9.47 Å². The first kappa shape index (κ1) is 51.7. The average molecular weight is 1100 g/mol. The molecule has 384 valence electrons. The minimum Gasteiger partial charge on any atom is -0.493 e. The molecule has 4 aromatic carbocycles. The second kappa shape index (κ2) is 20.3. The molecule has 6 heterocycles. The third-order valence-corrected chi connectivity index (χ3v) is 15.9. The van der Waals surface area contributed by atoms with Crippen LogP contribution in [0, 0.1) is 25.5 Å². The maximum Gasteiger partial charge on any atom is 0.416 e. The number of aromatic nitrogens is 6. The largest absolute Gasteiger partial charge is 0.493 e. The fraction of sp³-hybridized carbons (Fsp3) is 0.208. The first-order chi connectivity index (χ1) is 35.0. The smallest absolute Gasteiger partial charge is 0.416 e. The van der Waals surface area contributed by atoms with Crippen LogP contribution in [0.25, 0.3) is 22.5 Å². The molecule has 0 aliphatic carbocycles. The van der Waals surface area contributed by atoms with E-state index in [2.05, 4.69) is 39.3 Å². The zero-order valence-electron chi connectivity index (χ0n) is 38.2. The molecule has 0 spiro atoms. The van der Waals surface area contributed by atoms with Crippen molar-refractivity contribution < 1.29 is 61.4 Å². The van der Waals surface area contributed by atoms with Crippen molar-refractivity contribution in [1.82, 2.24) is 29.9 Å². The van der Waals surface area contributed by atoms with Gasteiger partial charge in [0.05, 0.1) is 80.3 Å². The van der Waals surface area contributed by atoms with Gasteiger partial charge in [0.25, 0.3) is 20.0 Å². The Labute approximate surface area is 424 Å². The summed E-state index contributed by atoms with van der Waals surface area (Å²) in [6.45, 7) is 4.01. The van der Waals surface area contributed by atoms with Gasteiger partial charge in [0.2, 0.25) is 11.9 Å². The van der Waals surface area contributed by atoms with E-state index in [4.69, 9.17) is 9.47 Å². The van der Waals surface area contributed by atoms with E-state index < -0.39 is 55.2 Å². The Morgan fingerprint density at radius 2 is 0.905 bits per heavy atom. The number of alkyl halides is 6. The number of thiazole rings is 2. The predicted octanol–water partition coefficient (Wildman–Crippen LogP) is 11.6. The van der Waals surface area contributed by atoms with Crippen LogP contribution in [0.2, 0.25) is 0 Å². The molecule has 0 saturated carbocycles. The molecule has 2 N–H and O–H groups in total. The number of aryl methyl sites for hydroxylation is 2. The Morgan fingerprint density at radius 1 is 0.541 bits per heavy atom. The maximum absolute atomic E-state index is 13.5. The molecule has 0 saturated heterocycles. The lowest BCUT2D eigenvalue weighted by atomic mass is 9.83. The number of rotatable bonds is 10. The van der Waals surface area contributed by atoms with Gasteiger partial charge in [-0.3, -0.25) is 0 Å².